The van der Waals surface area contributed by atoms with Crippen molar-refractivity contribution in [1.82, 2.24) is 4.90 Å². The number of fused-ring (bicyclic) bond motifs is 1. The highest BCUT2D eigenvalue weighted by Gasteiger charge is 2.67. The number of methoxy groups -OCH3 is 2. The highest BCUT2D eigenvalue weighted by Crippen LogP contribution is 2.60. The molecular formula is C15H19NO4. The number of hydrogen-bond acceptors (Lipinski definition) is 5. The zero-order valence-corrected chi connectivity index (χ0v) is 12.0. The lowest BCUT2D eigenvalue weighted by atomic mass is 9.68. The summed E-state index contributed by atoms with van der Waals surface area (Å²) >= 11 is 0. The van der Waals surface area contributed by atoms with Crippen LogP contribution in [0.15, 0.2) is 22.8 Å². The molecule has 0 saturated carbocycles. The monoisotopic (exact) mass is 277 g/mol. The predicted octanol–water partition coefficient (Wildman–Crippen LogP) is 1.00. The number of nitrogens with zero attached hydrogens (tertiary/aromatic N) is 1. The molecule has 4 rings (SSSR count). The first-order chi connectivity index (χ1) is 9.63. The Bertz CT molecular complexity index is 548. The standard InChI is InChI=1S/C15H19NO4/c1-8-9-6-13(17)20-15(9)10(8)7-16-11(4-5-12(15)16)14(18-2)19-3/h6,11-12,14H,4-5,7H2,1-3H3/t11?,12?,15-/m1/s1. The summed E-state index contributed by atoms with van der Waals surface area (Å²) in [6.45, 7) is 2.94. The Labute approximate surface area is 118 Å². The Morgan fingerprint density at radius 2 is 2.15 bits per heavy atom. The zero-order chi connectivity index (χ0) is 14.1. The van der Waals surface area contributed by atoms with Gasteiger partial charge in [0.1, 0.15) is 0 Å². The summed E-state index contributed by atoms with van der Waals surface area (Å²) < 4.78 is 16.6. The van der Waals surface area contributed by atoms with Crippen LogP contribution in [-0.2, 0) is 19.0 Å². The Morgan fingerprint density at radius 1 is 1.40 bits per heavy atom. The Balaban J connectivity index is 1.69. The van der Waals surface area contributed by atoms with Crippen molar-refractivity contribution >= 4 is 5.97 Å². The molecule has 3 aliphatic heterocycles. The van der Waals surface area contributed by atoms with E-state index in [2.05, 4.69) is 11.8 Å². The number of ether oxygens (including phenoxy) is 3. The highest BCUT2D eigenvalue weighted by atomic mass is 16.7. The van der Waals surface area contributed by atoms with Gasteiger partial charge in [-0.3, -0.25) is 4.90 Å². The first-order valence-corrected chi connectivity index (χ1v) is 7.10. The normalized spacial score (nSPS) is 38.6. The first kappa shape index (κ1) is 12.6. The van der Waals surface area contributed by atoms with Crippen LogP contribution in [0.4, 0.5) is 0 Å². The molecule has 2 fully saturated rings. The van der Waals surface area contributed by atoms with Gasteiger partial charge in [0.2, 0.25) is 0 Å². The fraction of sp³-hybridized carbons (Fsp3) is 0.667. The van der Waals surface area contributed by atoms with E-state index in [4.69, 9.17) is 14.2 Å². The minimum atomic E-state index is -0.443. The minimum Gasteiger partial charge on any atom is -0.445 e. The molecule has 1 aliphatic carbocycles. The van der Waals surface area contributed by atoms with E-state index in [9.17, 15) is 4.79 Å². The van der Waals surface area contributed by atoms with Crippen molar-refractivity contribution in [2.45, 2.75) is 43.7 Å². The van der Waals surface area contributed by atoms with Gasteiger partial charge in [-0.2, -0.15) is 0 Å². The van der Waals surface area contributed by atoms with Gasteiger partial charge >= 0.3 is 5.97 Å². The number of carbonyl (C=O) groups excluding carboxylic acids is 1. The van der Waals surface area contributed by atoms with Crippen molar-refractivity contribution < 1.29 is 19.0 Å². The Kier molecular flexibility index (Phi) is 2.47. The van der Waals surface area contributed by atoms with Gasteiger partial charge in [0.15, 0.2) is 11.9 Å². The van der Waals surface area contributed by atoms with Crippen molar-refractivity contribution in [2.75, 3.05) is 20.8 Å². The fourth-order valence-corrected chi connectivity index (χ4v) is 4.58. The van der Waals surface area contributed by atoms with Crippen LogP contribution in [0.5, 0.6) is 0 Å². The van der Waals surface area contributed by atoms with Gasteiger partial charge in [-0.1, -0.05) is 0 Å². The van der Waals surface area contributed by atoms with E-state index in [-0.39, 0.29) is 24.3 Å². The average Bonchev–Trinajstić information content (AvgIpc) is 3.05. The molecule has 3 atom stereocenters. The molecule has 108 valence electrons. The van der Waals surface area contributed by atoms with E-state index in [0.717, 1.165) is 25.0 Å². The summed E-state index contributed by atoms with van der Waals surface area (Å²) in [6.07, 6.45) is 3.46. The third kappa shape index (κ3) is 1.22. The molecule has 0 aromatic carbocycles. The lowest BCUT2D eigenvalue weighted by Gasteiger charge is -2.41. The van der Waals surface area contributed by atoms with Crippen molar-refractivity contribution in [3.05, 3.63) is 22.8 Å². The molecule has 5 nitrogen and oxygen atoms in total. The molecule has 0 bridgehead atoms. The second kappa shape index (κ2) is 3.93. The molecule has 5 heteroatoms. The molecule has 0 aromatic rings. The summed E-state index contributed by atoms with van der Waals surface area (Å²) in [7, 11) is 3.35. The maximum Gasteiger partial charge on any atom is 0.332 e. The maximum absolute atomic E-state index is 11.7. The van der Waals surface area contributed by atoms with Crippen LogP contribution in [0.3, 0.4) is 0 Å². The molecule has 0 aromatic heterocycles. The second-order valence-electron chi connectivity index (χ2n) is 5.99. The Morgan fingerprint density at radius 3 is 2.85 bits per heavy atom. The van der Waals surface area contributed by atoms with Crippen molar-refractivity contribution in [2.24, 2.45) is 0 Å². The van der Waals surface area contributed by atoms with Gasteiger partial charge < -0.3 is 14.2 Å². The molecule has 0 N–H and O–H groups in total. The number of hydrogen-bond donors (Lipinski definition) is 0. The van der Waals surface area contributed by atoms with Crippen LogP contribution in [0.1, 0.15) is 19.8 Å². The van der Waals surface area contributed by atoms with Crippen molar-refractivity contribution in [3.63, 3.8) is 0 Å². The third-order valence-electron chi connectivity index (χ3n) is 5.38. The molecule has 4 aliphatic rings. The molecule has 2 unspecified atom stereocenters. The van der Waals surface area contributed by atoms with Crippen LogP contribution < -0.4 is 0 Å². The lowest BCUT2D eigenvalue weighted by molar-refractivity contribution is -0.150. The number of carbonyl (C=O) groups is 1. The molecule has 3 heterocycles. The van der Waals surface area contributed by atoms with Gasteiger partial charge in [-0.05, 0) is 30.9 Å². The van der Waals surface area contributed by atoms with Crippen LogP contribution in [0.2, 0.25) is 0 Å². The van der Waals surface area contributed by atoms with E-state index in [1.807, 2.05) is 0 Å². The zero-order valence-electron chi connectivity index (χ0n) is 12.0. The van der Waals surface area contributed by atoms with Gasteiger partial charge in [0.25, 0.3) is 0 Å². The number of rotatable bonds is 3. The first-order valence-electron chi connectivity index (χ1n) is 7.10. The molecule has 20 heavy (non-hydrogen) atoms. The van der Waals surface area contributed by atoms with Crippen molar-refractivity contribution in [1.29, 1.82) is 0 Å². The van der Waals surface area contributed by atoms with Crippen LogP contribution in [-0.4, -0.2) is 55.6 Å². The fourth-order valence-electron chi connectivity index (χ4n) is 4.58. The molecule has 2 saturated heterocycles. The minimum absolute atomic E-state index is 0.199. The Hall–Kier alpha value is -1.17. The van der Waals surface area contributed by atoms with Crippen LogP contribution in [0, 0.1) is 0 Å². The molecule has 1 spiro atoms. The quantitative estimate of drug-likeness (QED) is 0.569. The third-order valence-corrected chi connectivity index (χ3v) is 5.38. The van der Waals surface area contributed by atoms with Crippen LogP contribution in [0.25, 0.3) is 0 Å². The van der Waals surface area contributed by atoms with E-state index in [1.54, 1.807) is 20.3 Å². The lowest BCUT2D eigenvalue weighted by Crippen LogP contribution is -2.51. The second-order valence-corrected chi connectivity index (χ2v) is 5.99. The number of esters is 1. The molecule has 0 radical (unpaired) electrons. The van der Waals surface area contributed by atoms with E-state index < -0.39 is 5.60 Å². The maximum atomic E-state index is 11.7. The molecular weight excluding hydrogens is 258 g/mol. The summed E-state index contributed by atoms with van der Waals surface area (Å²) in [5, 5.41) is 0. The van der Waals surface area contributed by atoms with Crippen molar-refractivity contribution in [3.8, 4) is 0 Å². The summed E-state index contributed by atoms with van der Waals surface area (Å²) in [6, 6.07) is 0.479. The van der Waals surface area contributed by atoms with E-state index in [0.29, 0.717) is 0 Å². The highest BCUT2D eigenvalue weighted by molar-refractivity contribution is 5.92. The summed E-state index contributed by atoms with van der Waals surface area (Å²) in [5.41, 5.74) is 3.16. The summed E-state index contributed by atoms with van der Waals surface area (Å²) in [5.74, 6) is -0.199. The summed E-state index contributed by atoms with van der Waals surface area (Å²) in [4.78, 5) is 14.1. The predicted molar refractivity (Wildman–Crippen MR) is 70.9 cm³/mol. The van der Waals surface area contributed by atoms with Crippen LogP contribution >= 0.6 is 0 Å². The van der Waals surface area contributed by atoms with E-state index in [1.165, 1.54) is 11.1 Å². The SMILES string of the molecule is COC(OC)C1CCC2N1CC1=C(C)C3=CC(=O)O[C@]312. The topological polar surface area (TPSA) is 48.0 Å². The molecule has 0 amide bonds. The van der Waals surface area contributed by atoms with Gasteiger partial charge in [-0.15, -0.1) is 0 Å². The smallest absolute Gasteiger partial charge is 0.332 e. The van der Waals surface area contributed by atoms with Gasteiger partial charge in [-0.25, -0.2) is 4.79 Å². The van der Waals surface area contributed by atoms with E-state index >= 15 is 0 Å². The van der Waals surface area contributed by atoms with Gasteiger partial charge in [0, 0.05) is 32.4 Å². The average molecular weight is 277 g/mol. The largest absolute Gasteiger partial charge is 0.445 e. The van der Waals surface area contributed by atoms with Gasteiger partial charge in [0.05, 0.1) is 12.1 Å².